The van der Waals surface area contributed by atoms with E-state index >= 15 is 0 Å². The van der Waals surface area contributed by atoms with Crippen LogP contribution >= 0.6 is 0 Å². The quantitative estimate of drug-likeness (QED) is 0.587. The average molecular weight is 470 g/mol. The van der Waals surface area contributed by atoms with Gasteiger partial charge in [0, 0.05) is 36.3 Å². The van der Waals surface area contributed by atoms with E-state index in [4.69, 9.17) is 9.40 Å². The van der Waals surface area contributed by atoms with Gasteiger partial charge in [-0.2, -0.15) is 13.2 Å². The standard InChI is InChI=1S/C25H25F3N4O2/c1-15-30-21(12-22(31-15)23-3-2-10-34-23)20-14-32-9-8-17(20)11-19(32)13-29-24(33)16-4-6-18(7-5-16)25(26,27)28/h2-7,10,12,17,19-20H,8-9,11,13-14H2,1H3,(H,29,33)/t17-,19+,20-/m0/s1. The molecule has 3 saturated heterocycles. The molecule has 6 rings (SSSR count). The Kier molecular flexibility index (Phi) is 5.89. The Hall–Kier alpha value is -3.20. The summed E-state index contributed by atoms with van der Waals surface area (Å²) in [6.07, 6.45) is -0.796. The van der Waals surface area contributed by atoms with Crippen LogP contribution in [0.2, 0.25) is 0 Å². The van der Waals surface area contributed by atoms with Crippen LogP contribution in [0.25, 0.3) is 11.5 Å². The number of furan rings is 1. The van der Waals surface area contributed by atoms with Crippen LogP contribution in [0.4, 0.5) is 13.2 Å². The molecule has 3 aromatic rings. The molecule has 1 amide bonds. The van der Waals surface area contributed by atoms with Crippen LogP contribution in [0.3, 0.4) is 0 Å². The SMILES string of the molecule is Cc1nc(-c2ccco2)cc([C@H]2CN3CC[C@H]2C[C@@H]3CNC(=O)c2ccc(C(F)(F)F)cc2)n1. The lowest BCUT2D eigenvalue weighted by Crippen LogP contribution is -2.56. The van der Waals surface area contributed by atoms with Gasteiger partial charge in [-0.1, -0.05) is 0 Å². The highest BCUT2D eigenvalue weighted by molar-refractivity contribution is 5.94. The topological polar surface area (TPSA) is 71.3 Å². The molecule has 34 heavy (non-hydrogen) atoms. The molecule has 2 bridgehead atoms. The van der Waals surface area contributed by atoms with Crippen LogP contribution in [0, 0.1) is 12.8 Å². The number of fused-ring (bicyclic) bond motifs is 3. The van der Waals surface area contributed by atoms with Crippen molar-refractivity contribution < 1.29 is 22.4 Å². The first-order valence-electron chi connectivity index (χ1n) is 11.4. The van der Waals surface area contributed by atoms with Gasteiger partial charge in [-0.05, 0) is 74.7 Å². The molecule has 0 spiro atoms. The maximum absolute atomic E-state index is 12.7. The summed E-state index contributed by atoms with van der Waals surface area (Å²) in [6.45, 7) is 4.15. The predicted molar refractivity (Wildman–Crippen MR) is 119 cm³/mol. The largest absolute Gasteiger partial charge is 0.463 e. The third-order valence-electron chi connectivity index (χ3n) is 6.86. The smallest absolute Gasteiger partial charge is 0.416 e. The van der Waals surface area contributed by atoms with Gasteiger partial charge in [-0.3, -0.25) is 9.69 Å². The predicted octanol–water partition coefficient (Wildman–Crippen LogP) is 4.67. The van der Waals surface area contributed by atoms with Crippen LogP contribution in [-0.2, 0) is 6.18 Å². The summed E-state index contributed by atoms with van der Waals surface area (Å²) in [5.41, 5.74) is 1.26. The van der Waals surface area contributed by atoms with Gasteiger partial charge in [0.25, 0.3) is 5.91 Å². The first-order valence-corrected chi connectivity index (χ1v) is 11.4. The van der Waals surface area contributed by atoms with Crippen LogP contribution in [0.15, 0.2) is 53.1 Å². The fourth-order valence-electron chi connectivity index (χ4n) is 5.14. The molecule has 3 aliphatic rings. The summed E-state index contributed by atoms with van der Waals surface area (Å²) in [5.74, 6) is 1.79. The Labute approximate surface area is 195 Å². The fourth-order valence-corrected chi connectivity index (χ4v) is 5.14. The van der Waals surface area contributed by atoms with Crippen LogP contribution < -0.4 is 5.32 Å². The molecule has 3 fully saturated rings. The summed E-state index contributed by atoms with van der Waals surface area (Å²) in [6, 6.07) is 10.2. The Morgan fingerprint density at radius 2 is 2.00 bits per heavy atom. The summed E-state index contributed by atoms with van der Waals surface area (Å²) >= 11 is 0. The molecule has 4 atom stereocenters. The molecule has 9 heteroatoms. The molecule has 0 radical (unpaired) electrons. The molecule has 178 valence electrons. The van der Waals surface area contributed by atoms with Crippen molar-refractivity contribution >= 4 is 5.91 Å². The molecule has 1 unspecified atom stereocenters. The fraction of sp³-hybridized carbons (Fsp3) is 0.400. The summed E-state index contributed by atoms with van der Waals surface area (Å²) in [7, 11) is 0. The molecular weight excluding hydrogens is 445 g/mol. The van der Waals surface area contributed by atoms with Crippen molar-refractivity contribution in [3.05, 3.63) is 71.4 Å². The van der Waals surface area contributed by atoms with Crippen LogP contribution in [0.5, 0.6) is 0 Å². The lowest BCUT2D eigenvalue weighted by Gasteiger charge is -2.49. The highest BCUT2D eigenvalue weighted by Gasteiger charge is 2.41. The van der Waals surface area contributed by atoms with Gasteiger partial charge < -0.3 is 9.73 Å². The van der Waals surface area contributed by atoms with Crippen molar-refractivity contribution in [2.24, 2.45) is 5.92 Å². The molecule has 2 aromatic heterocycles. The highest BCUT2D eigenvalue weighted by Crippen LogP contribution is 2.41. The second-order valence-corrected chi connectivity index (χ2v) is 9.03. The normalized spacial score (nSPS) is 24.2. The lowest BCUT2D eigenvalue weighted by atomic mass is 9.74. The number of aromatic nitrogens is 2. The molecule has 0 saturated carbocycles. The van der Waals surface area contributed by atoms with E-state index in [1.165, 1.54) is 12.1 Å². The van der Waals surface area contributed by atoms with Crippen molar-refractivity contribution in [3.8, 4) is 11.5 Å². The van der Waals surface area contributed by atoms with Crippen molar-refractivity contribution in [2.45, 2.75) is 37.9 Å². The van der Waals surface area contributed by atoms with Gasteiger partial charge in [0.2, 0.25) is 0 Å². The third-order valence-corrected chi connectivity index (χ3v) is 6.86. The number of hydrogen-bond acceptors (Lipinski definition) is 5. The van der Waals surface area contributed by atoms with Gasteiger partial charge in [0.05, 0.1) is 11.8 Å². The third kappa shape index (κ3) is 4.57. The van der Waals surface area contributed by atoms with Crippen LogP contribution in [0.1, 0.15) is 46.2 Å². The number of nitrogens with one attached hydrogen (secondary N) is 1. The number of rotatable bonds is 5. The Bertz CT molecular complexity index is 1160. The number of carbonyl (C=O) groups excluding carboxylic acids is 1. The first-order chi connectivity index (χ1) is 16.3. The molecule has 3 aliphatic heterocycles. The Morgan fingerprint density at radius 1 is 1.21 bits per heavy atom. The molecule has 1 N–H and O–H groups in total. The number of aryl methyl sites for hydroxylation is 1. The molecule has 0 aliphatic carbocycles. The van der Waals surface area contributed by atoms with Gasteiger partial charge in [0.15, 0.2) is 5.76 Å². The zero-order valence-electron chi connectivity index (χ0n) is 18.7. The zero-order valence-corrected chi connectivity index (χ0v) is 18.7. The van der Waals surface area contributed by atoms with Crippen LogP contribution in [-0.4, -0.2) is 46.5 Å². The number of nitrogens with zero attached hydrogens (tertiary/aromatic N) is 3. The Balaban J connectivity index is 1.23. The number of alkyl halides is 3. The van der Waals surface area contributed by atoms with E-state index in [-0.39, 0.29) is 23.4 Å². The van der Waals surface area contributed by atoms with E-state index in [1.54, 1.807) is 6.26 Å². The summed E-state index contributed by atoms with van der Waals surface area (Å²) in [5, 5.41) is 2.90. The number of benzene rings is 1. The minimum Gasteiger partial charge on any atom is -0.463 e. The van der Waals surface area contributed by atoms with E-state index in [2.05, 4.69) is 15.2 Å². The lowest BCUT2D eigenvalue weighted by molar-refractivity contribution is -0.137. The second-order valence-electron chi connectivity index (χ2n) is 9.03. The zero-order chi connectivity index (χ0) is 23.9. The minimum atomic E-state index is -4.42. The van der Waals surface area contributed by atoms with Crippen molar-refractivity contribution in [1.82, 2.24) is 20.2 Å². The summed E-state index contributed by atoms with van der Waals surface area (Å²) in [4.78, 5) is 24.1. The van der Waals surface area contributed by atoms with Crippen molar-refractivity contribution in [1.29, 1.82) is 0 Å². The molecule has 5 heterocycles. The monoisotopic (exact) mass is 470 g/mol. The Morgan fingerprint density at radius 3 is 2.65 bits per heavy atom. The molecular formula is C25H25F3N4O2. The van der Waals surface area contributed by atoms with E-state index in [9.17, 15) is 18.0 Å². The number of amides is 1. The average Bonchev–Trinajstić information content (AvgIpc) is 3.37. The number of piperidine rings is 3. The minimum absolute atomic E-state index is 0.195. The number of halogens is 3. The highest BCUT2D eigenvalue weighted by atomic mass is 19.4. The van der Waals surface area contributed by atoms with E-state index in [0.29, 0.717) is 18.3 Å². The van der Waals surface area contributed by atoms with Gasteiger partial charge in [-0.15, -0.1) is 0 Å². The van der Waals surface area contributed by atoms with E-state index in [1.807, 2.05) is 25.1 Å². The molecule has 6 nitrogen and oxygen atoms in total. The van der Waals surface area contributed by atoms with Crippen molar-refractivity contribution in [2.75, 3.05) is 19.6 Å². The van der Waals surface area contributed by atoms with Gasteiger partial charge in [-0.25, -0.2) is 9.97 Å². The van der Waals surface area contributed by atoms with Gasteiger partial charge in [0.1, 0.15) is 11.5 Å². The molecule has 1 aromatic carbocycles. The van der Waals surface area contributed by atoms with Crippen molar-refractivity contribution in [3.63, 3.8) is 0 Å². The maximum Gasteiger partial charge on any atom is 0.416 e. The van der Waals surface area contributed by atoms with E-state index < -0.39 is 11.7 Å². The maximum atomic E-state index is 12.7. The summed E-state index contributed by atoms with van der Waals surface area (Å²) < 4.78 is 43.8. The number of hydrogen-bond donors (Lipinski definition) is 1. The van der Waals surface area contributed by atoms with E-state index in [0.717, 1.165) is 55.2 Å². The second kappa shape index (κ2) is 8.87. The first kappa shape index (κ1) is 22.6. The van der Waals surface area contributed by atoms with Gasteiger partial charge >= 0.3 is 6.18 Å². The number of carbonyl (C=O) groups is 1.